The first-order valence-electron chi connectivity index (χ1n) is 6.91. The maximum absolute atomic E-state index is 11.6. The summed E-state index contributed by atoms with van der Waals surface area (Å²) in [6.07, 6.45) is 1.90. The summed E-state index contributed by atoms with van der Waals surface area (Å²) < 4.78 is 22.2. The molecule has 21 heavy (non-hydrogen) atoms. The number of rotatable bonds is 8. The number of carbonyl (C=O) groups excluding carboxylic acids is 1. The fourth-order valence-electron chi connectivity index (χ4n) is 1.78. The van der Waals surface area contributed by atoms with Crippen LogP contribution >= 0.6 is 0 Å². The van der Waals surface area contributed by atoms with E-state index in [9.17, 15) is 13.2 Å². The van der Waals surface area contributed by atoms with Crippen LogP contribution in [0.1, 0.15) is 25.3 Å². The number of nitrogens with two attached hydrogens (primary N) is 2. The summed E-state index contributed by atoms with van der Waals surface area (Å²) in [6.45, 7) is 3.12. The maximum atomic E-state index is 11.6. The van der Waals surface area contributed by atoms with Crippen molar-refractivity contribution in [2.75, 3.05) is 13.1 Å². The van der Waals surface area contributed by atoms with Gasteiger partial charge in [-0.15, -0.1) is 0 Å². The third-order valence-electron chi connectivity index (χ3n) is 3.25. The van der Waals surface area contributed by atoms with Crippen LogP contribution in [0.5, 0.6) is 0 Å². The first-order valence-corrected chi connectivity index (χ1v) is 8.46. The third kappa shape index (κ3) is 6.70. The van der Waals surface area contributed by atoms with Crippen molar-refractivity contribution >= 4 is 15.9 Å². The molecule has 1 unspecified atom stereocenters. The van der Waals surface area contributed by atoms with Crippen LogP contribution < -0.4 is 16.2 Å². The summed E-state index contributed by atoms with van der Waals surface area (Å²) in [5.74, 6) is 0.359. The van der Waals surface area contributed by atoms with Gasteiger partial charge in [0.15, 0.2) is 0 Å². The van der Waals surface area contributed by atoms with Crippen molar-refractivity contribution in [3.63, 3.8) is 0 Å². The number of sulfonamides is 1. The molecule has 0 saturated heterocycles. The van der Waals surface area contributed by atoms with Crippen LogP contribution in [0, 0.1) is 5.92 Å². The summed E-state index contributed by atoms with van der Waals surface area (Å²) in [4.78, 5) is 11.7. The number of nitrogens with one attached hydrogen (secondary N) is 1. The number of hydrogen-bond acceptors (Lipinski definition) is 4. The van der Waals surface area contributed by atoms with Crippen LogP contribution in [0.3, 0.4) is 0 Å². The highest BCUT2D eigenvalue weighted by molar-refractivity contribution is 7.89. The Kier molecular flexibility index (Phi) is 6.80. The fraction of sp³-hybridized carbons (Fsp3) is 0.500. The number of carbonyl (C=O) groups is 1. The summed E-state index contributed by atoms with van der Waals surface area (Å²) in [5, 5.41) is 7.85. The normalized spacial score (nSPS) is 12.9. The molecule has 0 aliphatic rings. The average Bonchev–Trinajstić information content (AvgIpc) is 2.44. The van der Waals surface area contributed by atoms with Gasteiger partial charge in [-0.2, -0.15) is 0 Å². The lowest BCUT2D eigenvalue weighted by atomic mass is 10.1. The van der Waals surface area contributed by atoms with Crippen molar-refractivity contribution in [3.8, 4) is 0 Å². The lowest BCUT2D eigenvalue weighted by Gasteiger charge is -2.09. The molecular formula is C14H23N3O3S. The number of amides is 1. The minimum absolute atomic E-state index is 0.0106. The van der Waals surface area contributed by atoms with E-state index in [1.165, 1.54) is 12.1 Å². The van der Waals surface area contributed by atoms with E-state index in [2.05, 4.69) is 5.32 Å². The van der Waals surface area contributed by atoms with Crippen LogP contribution in [0.2, 0.25) is 0 Å². The molecule has 5 N–H and O–H groups in total. The lowest BCUT2D eigenvalue weighted by Crippen LogP contribution is -2.26. The summed E-state index contributed by atoms with van der Waals surface area (Å²) in [7, 11) is -3.65. The largest absolute Gasteiger partial charge is 0.356 e. The topological polar surface area (TPSA) is 115 Å². The molecule has 0 heterocycles. The monoisotopic (exact) mass is 313 g/mol. The minimum atomic E-state index is -3.65. The quantitative estimate of drug-likeness (QED) is 0.643. The molecule has 0 bridgehead atoms. The molecular weight excluding hydrogens is 290 g/mol. The average molecular weight is 313 g/mol. The van der Waals surface area contributed by atoms with Crippen LogP contribution in [0.25, 0.3) is 0 Å². The van der Waals surface area contributed by atoms with Gasteiger partial charge in [-0.25, -0.2) is 13.6 Å². The highest BCUT2D eigenvalue weighted by atomic mass is 32.2. The Hall–Kier alpha value is -1.44. The summed E-state index contributed by atoms with van der Waals surface area (Å²) >= 11 is 0. The molecule has 1 rings (SSSR count). The molecule has 1 aromatic carbocycles. The number of hydrogen-bond donors (Lipinski definition) is 3. The number of primary sulfonamides is 1. The number of benzene rings is 1. The predicted octanol–water partition coefficient (Wildman–Crippen LogP) is 0.368. The second-order valence-electron chi connectivity index (χ2n) is 5.17. The van der Waals surface area contributed by atoms with E-state index in [4.69, 9.17) is 10.9 Å². The molecule has 1 aromatic rings. The summed E-state index contributed by atoms with van der Waals surface area (Å²) in [6, 6.07) is 6.33. The van der Waals surface area contributed by atoms with E-state index in [1.807, 2.05) is 6.92 Å². The van der Waals surface area contributed by atoms with Gasteiger partial charge in [-0.3, -0.25) is 4.79 Å². The van der Waals surface area contributed by atoms with Gasteiger partial charge >= 0.3 is 0 Å². The van der Waals surface area contributed by atoms with E-state index < -0.39 is 10.0 Å². The zero-order chi connectivity index (χ0) is 15.9. The molecule has 0 aromatic heterocycles. The third-order valence-corrected chi connectivity index (χ3v) is 4.18. The van der Waals surface area contributed by atoms with E-state index in [-0.39, 0.29) is 10.8 Å². The smallest absolute Gasteiger partial charge is 0.238 e. The standard InChI is InChI=1S/C14H23N3O3S/c1-11(10-15)2-7-14(18)17-9-8-12-3-5-13(6-4-12)21(16,19)20/h3-6,11H,2,7-10,15H2,1H3,(H,17,18)(H2,16,19,20). The van der Waals surface area contributed by atoms with Crippen LogP contribution in [-0.2, 0) is 21.2 Å². The van der Waals surface area contributed by atoms with Crippen molar-refractivity contribution in [1.29, 1.82) is 0 Å². The van der Waals surface area contributed by atoms with Gasteiger partial charge in [0.1, 0.15) is 0 Å². The Morgan fingerprint density at radius 3 is 2.43 bits per heavy atom. The van der Waals surface area contributed by atoms with Gasteiger partial charge in [0, 0.05) is 13.0 Å². The molecule has 1 amide bonds. The highest BCUT2D eigenvalue weighted by Gasteiger charge is 2.07. The fourth-order valence-corrected chi connectivity index (χ4v) is 2.29. The molecule has 7 heteroatoms. The summed E-state index contributed by atoms with van der Waals surface area (Å²) in [5.41, 5.74) is 6.44. The van der Waals surface area contributed by atoms with Crippen molar-refractivity contribution in [2.45, 2.75) is 31.1 Å². The zero-order valence-corrected chi connectivity index (χ0v) is 13.0. The molecule has 0 aliphatic heterocycles. The van der Waals surface area contributed by atoms with Gasteiger partial charge in [-0.05, 0) is 43.0 Å². The SMILES string of the molecule is CC(CN)CCC(=O)NCCc1ccc(S(N)(=O)=O)cc1. The zero-order valence-electron chi connectivity index (χ0n) is 12.2. The maximum Gasteiger partial charge on any atom is 0.238 e. The molecule has 0 spiro atoms. The van der Waals surface area contributed by atoms with E-state index >= 15 is 0 Å². The lowest BCUT2D eigenvalue weighted by molar-refractivity contribution is -0.121. The van der Waals surface area contributed by atoms with E-state index in [0.29, 0.717) is 31.8 Å². The first-order chi connectivity index (χ1) is 9.82. The van der Waals surface area contributed by atoms with Gasteiger partial charge in [0.25, 0.3) is 0 Å². The van der Waals surface area contributed by atoms with Gasteiger partial charge in [0.05, 0.1) is 4.90 Å². The van der Waals surface area contributed by atoms with Crippen LogP contribution in [-0.4, -0.2) is 27.4 Å². The van der Waals surface area contributed by atoms with E-state index in [0.717, 1.165) is 12.0 Å². The second kappa shape index (κ2) is 8.11. The first kappa shape index (κ1) is 17.6. The molecule has 0 aliphatic carbocycles. The molecule has 1 atom stereocenters. The van der Waals surface area contributed by atoms with Crippen molar-refractivity contribution in [3.05, 3.63) is 29.8 Å². The van der Waals surface area contributed by atoms with Crippen molar-refractivity contribution < 1.29 is 13.2 Å². The molecule has 6 nitrogen and oxygen atoms in total. The predicted molar refractivity (Wildman–Crippen MR) is 82.0 cm³/mol. The highest BCUT2D eigenvalue weighted by Crippen LogP contribution is 2.09. The van der Waals surface area contributed by atoms with Crippen molar-refractivity contribution in [1.82, 2.24) is 5.32 Å². The Morgan fingerprint density at radius 1 is 1.29 bits per heavy atom. The van der Waals surface area contributed by atoms with Gasteiger partial charge in [0.2, 0.25) is 15.9 Å². The minimum Gasteiger partial charge on any atom is -0.356 e. The second-order valence-corrected chi connectivity index (χ2v) is 6.73. The molecule has 0 saturated carbocycles. The van der Waals surface area contributed by atoms with Gasteiger partial charge < -0.3 is 11.1 Å². The molecule has 0 fully saturated rings. The van der Waals surface area contributed by atoms with Gasteiger partial charge in [-0.1, -0.05) is 19.1 Å². The Labute approximate surface area is 126 Å². The van der Waals surface area contributed by atoms with Crippen LogP contribution in [0.4, 0.5) is 0 Å². The Bertz CT molecular complexity index is 555. The molecule has 0 radical (unpaired) electrons. The van der Waals surface area contributed by atoms with E-state index in [1.54, 1.807) is 12.1 Å². The van der Waals surface area contributed by atoms with Crippen molar-refractivity contribution in [2.24, 2.45) is 16.8 Å². The Morgan fingerprint density at radius 2 is 1.90 bits per heavy atom. The Balaban J connectivity index is 2.34. The van der Waals surface area contributed by atoms with Crippen LogP contribution in [0.15, 0.2) is 29.2 Å². The molecule has 118 valence electrons.